The predicted molar refractivity (Wildman–Crippen MR) is 39.0 cm³/mol. The Hall–Kier alpha value is 0.880. The van der Waals surface area contributed by atoms with Crippen LogP contribution >= 0.6 is 0 Å². The van der Waals surface area contributed by atoms with Crippen molar-refractivity contribution in [3.05, 3.63) is 0 Å². The van der Waals surface area contributed by atoms with E-state index >= 15 is 0 Å². The van der Waals surface area contributed by atoms with Crippen LogP contribution in [0.5, 0.6) is 0 Å². The van der Waals surface area contributed by atoms with Crippen LogP contribution in [0.4, 0.5) is 0 Å². The number of hydrogen-bond acceptors (Lipinski definition) is 3. The summed E-state index contributed by atoms with van der Waals surface area (Å²) in [5.41, 5.74) is -0.458. The molecular formula is C5H15NaO3. The SMILES string of the molecule is CCC(C)(C)O.OO.[NaH]. The summed E-state index contributed by atoms with van der Waals surface area (Å²) in [6.45, 7) is 5.56. The van der Waals surface area contributed by atoms with E-state index in [1.54, 1.807) is 13.8 Å². The predicted octanol–water partition coefficient (Wildman–Crippen LogP) is 0.536. The van der Waals surface area contributed by atoms with Crippen molar-refractivity contribution in [3.63, 3.8) is 0 Å². The fourth-order valence-corrected chi connectivity index (χ4v) is 0. The van der Waals surface area contributed by atoms with Crippen LogP contribution in [0.15, 0.2) is 0 Å². The average molecular weight is 146 g/mol. The summed E-state index contributed by atoms with van der Waals surface area (Å²) in [5, 5.41) is 20.8. The molecule has 0 aromatic carbocycles. The zero-order valence-corrected chi connectivity index (χ0v) is 5.55. The Morgan fingerprint density at radius 1 is 1.22 bits per heavy atom. The molecule has 0 unspecified atom stereocenters. The normalized spacial score (nSPS) is 8.67. The Balaban J connectivity index is -0.000000109. The second-order valence-corrected chi connectivity index (χ2v) is 2.17. The molecule has 54 valence electrons. The van der Waals surface area contributed by atoms with Crippen molar-refractivity contribution < 1.29 is 15.6 Å². The van der Waals surface area contributed by atoms with Crippen molar-refractivity contribution in [3.8, 4) is 0 Å². The van der Waals surface area contributed by atoms with Gasteiger partial charge in [-0.3, -0.25) is 10.5 Å². The van der Waals surface area contributed by atoms with Crippen LogP contribution in [0.3, 0.4) is 0 Å². The molecule has 0 aliphatic carbocycles. The molecule has 3 N–H and O–H groups in total. The van der Waals surface area contributed by atoms with Gasteiger partial charge in [-0.05, 0) is 20.3 Å². The first kappa shape index (κ1) is 16.5. The Morgan fingerprint density at radius 2 is 1.33 bits per heavy atom. The van der Waals surface area contributed by atoms with Crippen LogP contribution in [-0.4, -0.2) is 50.8 Å². The van der Waals surface area contributed by atoms with Gasteiger partial charge in [0.25, 0.3) is 0 Å². The maximum atomic E-state index is 8.83. The molecule has 0 aliphatic rings. The van der Waals surface area contributed by atoms with Gasteiger partial charge in [-0.1, -0.05) is 6.92 Å². The third-order valence-electron chi connectivity index (χ3n) is 0.865. The molecule has 4 heteroatoms. The van der Waals surface area contributed by atoms with E-state index in [2.05, 4.69) is 0 Å². The number of hydrogen-bond donors (Lipinski definition) is 3. The maximum absolute atomic E-state index is 8.83. The van der Waals surface area contributed by atoms with Crippen molar-refractivity contribution in [1.29, 1.82) is 0 Å². The molecule has 0 spiro atoms. The van der Waals surface area contributed by atoms with E-state index in [-0.39, 0.29) is 29.6 Å². The molecule has 0 fully saturated rings. The van der Waals surface area contributed by atoms with Gasteiger partial charge in [0.05, 0.1) is 5.60 Å². The van der Waals surface area contributed by atoms with Crippen LogP contribution < -0.4 is 0 Å². The van der Waals surface area contributed by atoms with Crippen molar-refractivity contribution >= 4 is 29.6 Å². The van der Waals surface area contributed by atoms with E-state index < -0.39 is 5.60 Å². The minimum atomic E-state index is -0.458. The standard InChI is InChI=1S/C5H12O.Na.H2O2.H/c1-4-5(2,3)6;;1-2;/h6H,4H2,1-3H3;;1-2H;. The molecule has 0 aromatic rings. The first-order chi connectivity index (χ1) is 3.56. The summed E-state index contributed by atoms with van der Waals surface area (Å²) in [4.78, 5) is 0. The van der Waals surface area contributed by atoms with Crippen LogP contribution in [0.2, 0.25) is 0 Å². The average Bonchev–Trinajstić information content (AvgIpc) is 1.71. The summed E-state index contributed by atoms with van der Waals surface area (Å²) < 4.78 is 0. The van der Waals surface area contributed by atoms with E-state index in [1.807, 2.05) is 6.92 Å². The minimum absolute atomic E-state index is 0. The number of rotatable bonds is 1. The van der Waals surface area contributed by atoms with E-state index in [0.29, 0.717) is 0 Å². The van der Waals surface area contributed by atoms with E-state index in [4.69, 9.17) is 15.6 Å². The van der Waals surface area contributed by atoms with Crippen LogP contribution in [0.25, 0.3) is 0 Å². The fourth-order valence-electron chi connectivity index (χ4n) is 0. The molecule has 3 nitrogen and oxygen atoms in total. The van der Waals surface area contributed by atoms with Gasteiger partial charge in [-0.15, -0.1) is 0 Å². The molecule has 0 saturated heterocycles. The van der Waals surface area contributed by atoms with E-state index in [9.17, 15) is 0 Å². The summed E-state index contributed by atoms with van der Waals surface area (Å²) >= 11 is 0. The Kier molecular flexibility index (Phi) is 16.2. The fraction of sp³-hybridized carbons (Fsp3) is 1.00. The third-order valence-corrected chi connectivity index (χ3v) is 0.865. The molecule has 0 rings (SSSR count). The monoisotopic (exact) mass is 146 g/mol. The first-order valence-electron chi connectivity index (χ1n) is 2.48. The van der Waals surface area contributed by atoms with E-state index in [0.717, 1.165) is 6.42 Å². The summed E-state index contributed by atoms with van der Waals surface area (Å²) in [7, 11) is 0. The van der Waals surface area contributed by atoms with Gasteiger partial charge in [0.15, 0.2) is 0 Å². The molecular weight excluding hydrogens is 131 g/mol. The summed E-state index contributed by atoms with van der Waals surface area (Å²) in [6, 6.07) is 0. The Labute approximate surface area is 77.9 Å². The van der Waals surface area contributed by atoms with Crippen molar-refractivity contribution in [1.82, 2.24) is 0 Å². The van der Waals surface area contributed by atoms with Crippen LogP contribution in [-0.2, 0) is 0 Å². The molecule has 0 radical (unpaired) electrons. The zero-order chi connectivity index (χ0) is 7.21. The summed E-state index contributed by atoms with van der Waals surface area (Å²) in [5.74, 6) is 0. The van der Waals surface area contributed by atoms with Gasteiger partial charge in [0.2, 0.25) is 0 Å². The Bertz CT molecular complexity index is 42.0. The molecule has 0 aromatic heterocycles. The van der Waals surface area contributed by atoms with Gasteiger partial charge < -0.3 is 5.11 Å². The first-order valence-corrected chi connectivity index (χ1v) is 2.48. The molecule has 0 atom stereocenters. The van der Waals surface area contributed by atoms with Crippen molar-refractivity contribution in [2.24, 2.45) is 0 Å². The molecule has 0 amide bonds. The second-order valence-electron chi connectivity index (χ2n) is 2.17. The van der Waals surface area contributed by atoms with Gasteiger partial charge in [-0.25, -0.2) is 0 Å². The van der Waals surface area contributed by atoms with Crippen molar-refractivity contribution in [2.45, 2.75) is 32.8 Å². The molecule has 0 aliphatic heterocycles. The van der Waals surface area contributed by atoms with Crippen LogP contribution in [0.1, 0.15) is 27.2 Å². The Morgan fingerprint density at radius 3 is 1.33 bits per heavy atom. The second kappa shape index (κ2) is 8.88. The van der Waals surface area contributed by atoms with Gasteiger partial charge >= 0.3 is 29.6 Å². The molecule has 0 bridgehead atoms. The van der Waals surface area contributed by atoms with Gasteiger partial charge in [0.1, 0.15) is 0 Å². The quantitative estimate of drug-likeness (QED) is 0.287. The van der Waals surface area contributed by atoms with Crippen molar-refractivity contribution in [2.75, 3.05) is 0 Å². The van der Waals surface area contributed by atoms with Gasteiger partial charge in [0, 0.05) is 0 Å². The number of aliphatic hydroxyl groups is 1. The third kappa shape index (κ3) is 27.9. The van der Waals surface area contributed by atoms with Crippen LogP contribution in [0, 0.1) is 0 Å². The topological polar surface area (TPSA) is 60.7 Å². The van der Waals surface area contributed by atoms with E-state index in [1.165, 1.54) is 0 Å². The molecule has 9 heavy (non-hydrogen) atoms. The van der Waals surface area contributed by atoms with Gasteiger partial charge in [-0.2, -0.15) is 0 Å². The molecule has 0 heterocycles. The molecule has 0 saturated carbocycles. The summed E-state index contributed by atoms with van der Waals surface area (Å²) in [6.07, 6.45) is 0.826. The zero-order valence-electron chi connectivity index (χ0n) is 5.55.